The Labute approximate surface area is 204 Å². The molecule has 3 aromatic rings. The van der Waals surface area contributed by atoms with E-state index in [1.54, 1.807) is 12.1 Å². The van der Waals surface area contributed by atoms with Crippen molar-refractivity contribution in [2.45, 2.75) is 12.8 Å². The summed E-state index contributed by atoms with van der Waals surface area (Å²) in [6.07, 6.45) is 1.19. The molecule has 3 atom stereocenters. The van der Waals surface area contributed by atoms with E-state index in [4.69, 9.17) is 21.1 Å². The molecule has 0 spiro atoms. The summed E-state index contributed by atoms with van der Waals surface area (Å²) >= 11 is 5.95. The Kier molecular flexibility index (Phi) is 7.99. The van der Waals surface area contributed by atoms with Crippen molar-refractivity contribution < 1.29 is 24.2 Å². The first-order chi connectivity index (χ1) is 16.5. The molecule has 0 amide bonds. The number of para-hydroxylation sites is 1. The summed E-state index contributed by atoms with van der Waals surface area (Å²) in [4.78, 5) is 25.2. The van der Waals surface area contributed by atoms with E-state index in [9.17, 15) is 14.7 Å². The van der Waals surface area contributed by atoms with Gasteiger partial charge in [-0.15, -0.1) is 0 Å². The lowest BCUT2D eigenvalue weighted by molar-refractivity contribution is -0.144. The molecule has 1 saturated carbocycles. The van der Waals surface area contributed by atoms with E-state index in [-0.39, 0.29) is 11.7 Å². The van der Waals surface area contributed by atoms with Crippen LogP contribution < -0.4 is 4.74 Å². The number of halogens is 1. The SMILES string of the molecule is O=C(c1ccc(-c2ccc(Cl)cc2)cc1)C1CCC(COCCOc2ccccc2)C1C(=O)O. The van der Waals surface area contributed by atoms with Crippen LogP contribution in [0.2, 0.25) is 5.02 Å². The summed E-state index contributed by atoms with van der Waals surface area (Å²) in [6.45, 7) is 1.05. The van der Waals surface area contributed by atoms with Crippen LogP contribution in [0.4, 0.5) is 0 Å². The number of Topliss-reactive ketones (excluding diaryl/α,β-unsaturated/α-hetero) is 1. The molecular weight excluding hydrogens is 452 g/mol. The molecule has 1 fully saturated rings. The van der Waals surface area contributed by atoms with E-state index in [1.165, 1.54) is 0 Å². The standard InChI is InChI=1S/C28H27ClO5/c29-23-13-10-20(11-14-23)19-6-8-21(9-7-19)27(30)25-15-12-22(26(25)28(31)32)18-33-16-17-34-24-4-2-1-3-5-24/h1-11,13-14,22,25-26H,12,15-18H2,(H,31,32). The zero-order chi connectivity index (χ0) is 23.9. The highest BCUT2D eigenvalue weighted by Gasteiger charge is 2.44. The predicted molar refractivity (Wildman–Crippen MR) is 131 cm³/mol. The molecular formula is C28H27ClO5. The highest BCUT2D eigenvalue weighted by Crippen LogP contribution is 2.39. The minimum atomic E-state index is -0.942. The fraction of sp³-hybridized carbons (Fsp3) is 0.286. The van der Waals surface area contributed by atoms with Crippen molar-refractivity contribution in [1.29, 1.82) is 0 Å². The first-order valence-corrected chi connectivity index (χ1v) is 11.8. The van der Waals surface area contributed by atoms with Crippen molar-refractivity contribution in [1.82, 2.24) is 0 Å². The number of rotatable bonds is 10. The maximum atomic E-state index is 13.2. The smallest absolute Gasteiger partial charge is 0.307 e. The Morgan fingerprint density at radius 3 is 2.15 bits per heavy atom. The van der Waals surface area contributed by atoms with E-state index < -0.39 is 17.8 Å². The molecule has 1 aliphatic carbocycles. The molecule has 0 aliphatic heterocycles. The van der Waals surface area contributed by atoms with Crippen LogP contribution in [0, 0.1) is 17.8 Å². The van der Waals surface area contributed by atoms with Gasteiger partial charge in [0.2, 0.25) is 0 Å². The molecule has 3 unspecified atom stereocenters. The Morgan fingerprint density at radius 2 is 1.50 bits per heavy atom. The molecule has 0 saturated heterocycles. The van der Waals surface area contributed by atoms with Crippen LogP contribution in [0.5, 0.6) is 5.75 Å². The zero-order valence-electron chi connectivity index (χ0n) is 18.7. The Hall–Kier alpha value is -3.15. The van der Waals surface area contributed by atoms with Gasteiger partial charge in [-0.1, -0.05) is 66.2 Å². The third-order valence-corrected chi connectivity index (χ3v) is 6.58. The second-order valence-electron chi connectivity index (χ2n) is 8.49. The van der Waals surface area contributed by atoms with E-state index >= 15 is 0 Å². The van der Waals surface area contributed by atoms with Crippen LogP contribution in [0.25, 0.3) is 11.1 Å². The third-order valence-electron chi connectivity index (χ3n) is 6.33. The molecule has 1 N–H and O–H groups in total. The van der Waals surface area contributed by atoms with E-state index in [1.807, 2.05) is 66.7 Å². The van der Waals surface area contributed by atoms with Gasteiger partial charge in [-0.25, -0.2) is 0 Å². The number of hydrogen-bond acceptors (Lipinski definition) is 4. The van der Waals surface area contributed by atoms with Crippen molar-refractivity contribution in [2.24, 2.45) is 17.8 Å². The first-order valence-electron chi connectivity index (χ1n) is 11.4. The average Bonchev–Trinajstić information content (AvgIpc) is 3.29. The minimum Gasteiger partial charge on any atom is -0.491 e. The highest BCUT2D eigenvalue weighted by atomic mass is 35.5. The van der Waals surface area contributed by atoms with Crippen LogP contribution in [-0.4, -0.2) is 36.7 Å². The normalized spacial score (nSPS) is 19.6. The van der Waals surface area contributed by atoms with Crippen molar-refractivity contribution in [3.8, 4) is 16.9 Å². The first kappa shape index (κ1) is 24.0. The molecule has 0 radical (unpaired) electrons. The van der Waals surface area contributed by atoms with Gasteiger partial charge in [0.05, 0.1) is 19.1 Å². The Bertz CT molecular complexity index is 1100. The largest absolute Gasteiger partial charge is 0.491 e. The molecule has 5 nitrogen and oxygen atoms in total. The van der Waals surface area contributed by atoms with E-state index in [0.717, 1.165) is 16.9 Å². The van der Waals surface area contributed by atoms with Gasteiger partial charge in [0.25, 0.3) is 0 Å². The fourth-order valence-corrected chi connectivity index (χ4v) is 4.72. The summed E-state index contributed by atoms with van der Waals surface area (Å²) in [5.74, 6) is -1.79. The van der Waals surface area contributed by atoms with Crippen molar-refractivity contribution in [2.75, 3.05) is 19.8 Å². The van der Waals surface area contributed by atoms with Crippen molar-refractivity contribution >= 4 is 23.4 Å². The summed E-state index contributed by atoms with van der Waals surface area (Å²) < 4.78 is 11.3. The van der Waals surface area contributed by atoms with Crippen molar-refractivity contribution in [3.05, 3.63) is 89.4 Å². The van der Waals surface area contributed by atoms with Gasteiger partial charge < -0.3 is 14.6 Å². The number of carbonyl (C=O) groups excluding carboxylic acids is 1. The number of carbonyl (C=O) groups is 2. The van der Waals surface area contributed by atoms with Crippen LogP contribution in [0.1, 0.15) is 23.2 Å². The van der Waals surface area contributed by atoms with Gasteiger partial charge in [-0.2, -0.15) is 0 Å². The second-order valence-corrected chi connectivity index (χ2v) is 8.93. The lowest BCUT2D eigenvalue weighted by Crippen LogP contribution is -2.31. The van der Waals surface area contributed by atoms with Crippen LogP contribution in [0.3, 0.4) is 0 Å². The average molecular weight is 479 g/mol. The monoisotopic (exact) mass is 478 g/mol. The van der Waals surface area contributed by atoms with Gasteiger partial charge in [-0.3, -0.25) is 9.59 Å². The lowest BCUT2D eigenvalue weighted by Gasteiger charge is -2.20. The lowest BCUT2D eigenvalue weighted by atomic mass is 9.84. The highest BCUT2D eigenvalue weighted by molar-refractivity contribution is 6.30. The number of benzene rings is 3. The molecule has 0 heterocycles. The van der Waals surface area contributed by atoms with Crippen LogP contribution in [-0.2, 0) is 9.53 Å². The quantitative estimate of drug-likeness (QED) is 0.285. The molecule has 0 aromatic heterocycles. The molecule has 6 heteroatoms. The number of ether oxygens (including phenoxy) is 2. The number of aliphatic carboxylic acids is 1. The summed E-state index contributed by atoms with van der Waals surface area (Å²) in [6, 6.07) is 24.3. The molecule has 176 valence electrons. The molecule has 0 bridgehead atoms. The maximum Gasteiger partial charge on any atom is 0.307 e. The van der Waals surface area contributed by atoms with Crippen molar-refractivity contribution in [3.63, 3.8) is 0 Å². The Morgan fingerprint density at radius 1 is 0.853 bits per heavy atom. The van der Waals surface area contributed by atoms with E-state index in [2.05, 4.69) is 0 Å². The van der Waals surface area contributed by atoms with E-state index in [0.29, 0.717) is 43.2 Å². The molecule has 34 heavy (non-hydrogen) atoms. The summed E-state index contributed by atoms with van der Waals surface area (Å²) in [5.41, 5.74) is 2.51. The van der Waals surface area contributed by atoms with Gasteiger partial charge in [0, 0.05) is 16.5 Å². The number of carboxylic acid groups (broad SMARTS) is 1. The molecule has 4 rings (SSSR count). The molecule has 3 aromatic carbocycles. The van der Waals surface area contributed by atoms with Gasteiger partial charge in [-0.05, 0) is 54.2 Å². The predicted octanol–water partition coefficient (Wildman–Crippen LogP) is 6.01. The Balaban J connectivity index is 1.33. The zero-order valence-corrected chi connectivity index (χ0v) is 19.5. The van der Waals surface area contributed by atoms with Crippen LogP contribution >= 0.6 is 11.6 Å². The van der Waals surface area contributed by atoms with Crippen LogP contribution in [0.15, 0.2) is 78.9 Å². The van der Waals surface area contributed by atoms with Gasteiger partial charge >= 0.3 is 5.97 Å². The second kappa shape index (κ2) is 11.3. The summed E-state index contributed by atoms with van der Waals surface area (Å²) in [7, 11) is 0. The summed E-state index contributed by atoms with van der Waals surface area (Å²) in [5, 5.41) is 10.5. The fourth-order valence-electron chi connectivity index (χ4n) is 4.59. The van der Waals surface area contributed by atoms with Gasteiger partial charge in [0.15, 0.2) is 5.78 Å². The third kappa shape index (κ3) is 5.85. The number of carboxylic acids is 1. The van der Waals surface area contributed by atoms with Gasteiger partial charge in [0.1, 0.15) is 12.4 Å². The number of ketones is 1. The molecule has 1 aliphatic rings. The maximum absolute atomic E-state index is 13.2. The minimum absolute atomic E-state index is 0.120. The topological polar surface area (TPSA) is 72.8 Å². The number of hydrogen-bond donors (Lipinski definition) is 1.